The molecule has 25 heavy (non-hydrogen) atoms. The van der Waals surface area contributed by atoms with Crippen LogP contribution in [0.2, 0.25) is 0 Å². The third-order valence-corrected chi connectivity index (χ3v) is 3.83. The van der Waals surface area contributed by atoms with Gasteiger partial charge in [0.2, 0.25) is 11.8 Å². The molecule has 0 fully saturated rings. The smallest absolute Gasteiger partial charge is 0.228 e. The Hall–Kier alpha value is -2.80. The van der Waals surface area contributed by atoms with Gasteiger partial charge in [0.15, 0.2) is 16.3 Å². The van der Waals surface area contributed by atoms with Crippen LogP contribution in [-0.2, 0) is 11.3 Å². The molecule has 1 aromatic carbocycles. The summed E-state index contributed by atoms with van der Waals surface area (Å²) in [5, 5.41) is 5.99. The van der Waals surface area contributed by atoms with E-state index in [9.17, 15) is 4.79 Å². The number of oxazole rings is 1. The van der Waals surface area contributed by atoms with Crippen LogP contribution < -0.4 is 10.6 Å². The number of carbonyl (C=O) groups excluding carboxylic acids is 1. The van der Waals surface area contributed by atoms with Crippen LogP contribution in [0.15, 0.2) is 47.0 Å². The zero-order chi connectivity index (χ0) is 17.8. The normalized spacial score (nSPS) is 10.8. The lowest BCUT2D eigenvalue weighted by Crippen LogP contribution is -2.40. The molecule has 3 rings (SSSR count). The van der Waals surface area contributed by atoms with Crippen LogP contribution in [0, 0.1) is 5.92 Å². The number of pyridine rings is 1. The fraction of sp³-hybridized carbons (Fsp3) is 0.222. The van der Waals surface area contributed by atoms with Gasteiger partial charge in [-0.05, 0) is 42.0 Å². The van der Waals surface area contributed by atoms with Crippen LogP contribution in [0.1, 0.15) is 19.4 Å². The van der Waals surface area contributed by atoms with Crippen LogP contribution in [0.5, 0.6) is 0 Å². The maximum Gasteiger partial charge on any atom is 0.228 e. The van der Waals surface area contributed by atoms with E-state index in [1.165, 1.54) is 0 Å². The Morgan fingerprint density at radius 3 is 2.68 bits per heavy atom. The van der Waals surface area contributed by atoms with E-state index < -0.39 is 0 Å². The lowest BCUT2D eigenvalue weighted by Gasteiger charge is -2.11. The Morgan fingerprint density at radius 2 is 2.00 bits per heavy atom. The molecule has 0 aliphatic carbocycles. The highest BCUT2D eigenvalue weighted by Crippen LogP contribution is 2.23. The molecule has 2 N–H and O–H groups in total. The van der Waals surface area contributed by atoms with Crippen molar-refractivity contribution >= 4 is 34.5 Å². The number of benzene rings is 1. The summed E-state index contributed by atoms with van der Waals surface area (Å²) >= 11 is 5.11. The van der Waals surface area contributed by atoms with Gasteiger partial charge in [-0.1, -0.05) is 26.0 Å². The Morgan fingerprint density at radius 1 is 1.24 bits per heavy atom. The number of fused-ring (bicyclic) bond motifs is 1. The van der Waals surface area contributed by atoms with Crippen LogP contribution in [0.4, 0.5) is 0 Å². The highest BCUT2D eigenvalue weighted by molar-refractivity contribution is 7.80. The monoisotopic (exact) mass is 354 g/mol. The van der Waals surface area contributed by atoms with E-state index in [2.05, 4.69) is 20.6 Å². The average molecular weight is 354 g/mol. The highest BCUT2D eigenvalue weighted by atomic mass is 32.1. The molecule has 0 unspecified atom stereocenters. The molecule has 0 saturated heterocycles. The first kappa shape index (κ1) is 17.0. The Kier molecular flexibility index (Phi) is 5.04. The van der Waals surface area contributed by atoms with Crippen molar-refractivity contribution in [3.63, 3.8) is 0 Å². The fourth-order valence-electron chi connectivity index (χ4n) is 2.14. The van der Waals surface area contributed by atoms with Gasteiger partial charge in [0.25, 0.3) is 0 Å². The first-order valence-electron chi connectivity index (χ1n) is 7.92. The summed E-state index contributed by atoms with van der Waals surface area (Å²) in [5.74, 6) is 0.329. The Bertz CT molecular complexity index is 870. The largest absolute Gasteiger partial charge is 0.434 e. The lowest BCUT2D eigenvalue weighted by molar-refractivity contribution is -0.122. The third-order valence-electron chi connectivity index (χ3n) is 3.58. The van der Waals surface area contributed by atoms with Gasteiger partial charge in [0.05, 0.1) is 0 Å². The molecule has 0 spiro atoms. The summed E-state index contributed by atoms with van der Waals surface area (Å²) in [6, 6.07) is 11.4. The molecule has 7 heteroatoms. The van der Waals surface area contributed by atoms with Gasteiger partial charge in [-0.15, -0.1) is 0 Å². The number of hydrogen-bond acceptors (Lipinski definition) is 5. The van der Waals surface area contributed by atoms with E-state index in [-0.39, 0.29) is 11.8 Å². The van der Waals surface area contributed by atoms with Crippen molar-refractivity contribution in [2.45, 2.75) is 20.4 Å². The van der Waals surface area contributed by atoms with E-state index in [1.807, 2.05) is 50.2 Å². The summed E-state index contributed by atoms with van der Waals surface area (Å²) in [6.45, 7) is 4.16. The lowest BCUT2D eigenvalue weighted by atomic mass is 10.1. The fourth-order valence-corrected chi connectivity index (χ4v) is 2.31. The van der Waals surface area contributed by atoms with Gasteiger partial charge >= 0.3 is 0 Å². The molecule has 0 atom stereocenters. The van der Waals surface area contributed by atoms with Gasteiger partial charge in [-0.2, -0.15) is 4.98 Å². The van der Waals surface area contributed by atoms with Gasteiger partial charge < -0.3 is 15.1 Å². The van der Waals surface area contributed by atoms with Gasteiger partial charge in [0.1, 0.15) is 0 Å². The Labute approximate surface area is 150 Å². The molecule has 0 radical (unpaired) electrons. The van der Waals surface area contributed by atoms with Crippen molar-refractivity contribution in [3.05, 3.63) is 48.2 Å². The number of rotatable bonds is 4. The number of carbonyl (C=O) groups is 1. The standard InChI is InChI=1S/C18H18N4O2S/c1-11(2)16(23)22-18(25)20-10-12-5-7-13(8-6-12)17-21-15-14(24-17)4-3-9-19-15/h3-9,11H,10H2,1-2H3,(H2,20,22,23,25). The maximum atomic E-state index is 11.6. The van der Waals surface area contributed by atoms with E-state index >= 15 is 0 Å². The SMILES string of the molecule is CC(C)C(=O)NC(=S)NCc1ccc(-c2nc3ncccc3o2)cc1. The second-order valence-corrected chi connectivity index (χ2v) is 6.28. The van der Waals surface area contributed by atoms with Crippen molar-refractivity contribution in [2.24, 2.45) is 5.92 Å². The van der Waals surface area contributed by atoms with Crippen molar-refractivity contribution < 1.29 is 9.21 Å². The van der Waals surface area contributed by atoms with Gasteiger partial charge in [0, 0.05) is 24.2 Å². The summed E-state index contributed by atoms with van der Waals surface area (Å²) in [6.07, 6.45) is 1.68. The van der Waals surface area contributed by atoms with Crippen LogP contribution in [0.3, 0.4) is 0 Å². The van der Waals surface area contributed by atoms with E-state index in [0.29, 0.717) is 28.8 Å². The molecule has 0 aliphatic rings. The molecule has 128 valence electrons. The number of aromatic nitrogens is 2. The van der Waals surface area contributed by atoms with Crippen LogP contribution in [0.25, 0.3) is 22.7 Å². The quantitative estimate of drug-likeness (QED) is 0.701. The second-order valence-electron chi connectivity index (χ2n) is 5.87. The Balaban J connectivity index is 1.62. The van der Waals surface area contributed by atoms with Gasteiger partial charge in [-0.3, -0.25) is 4.79 Å². The van der Waals surface area contributed by atoms with Crippen molar-refractivity contribution in [2.75, 3.05) is 0 Å². The summed E-state index contributed by atoms with van der Waals surface area (Å²) in [4.78, 5) is 20.1. The predicted molar refractivity (Wildman–Crippen MR) is 99.7 cm³/mol. The topological polar surface area (TPSA) is 80.0 Å². The van der Waals surface area contributed by atoms with Gasteiger partial charge in [-0.25, -0.2) is 4.98 Å². The minimum Gasteiger partial charge on any atom is -0.434 e. The second kappa shape index (κ2) is 7.40. The van der Waals surface area contributed by atoms with E-state index in [1.54, 1.807) is 6.20 Å². The van der Waals surface area contributed by atoms with Crippen molar-refractivity contribution in [1.29, 1.82) is 0 Å². The van der Waals surface area contributed by atoms with Crippen molar-refractivity contribution in [3.8, 4) is 11.5 Å². The number of thiocarbonyl (C=S) groups is 1. The molecule has 0 aliphatic heterocycles. The first-order valence-corrected chi connectivity index (χ1v) is 8.33. The highest BCUT2D eigenvalue weighted by Gasteiger charge is 2.10. The van der Waals surface area contributed by atoms with Crippen molar-refractivity contribution in [1.82, 2.24) is 20.6 Å². The van der Waals surface area contributed by atoms with Crippen LogP contribution >= 0.6 is 12.2 Å². The molecule has 2 heterocycles. The van der Waals surface area contributed by atoms with E-state index in [4.69, 9.17) is 16.6 Å². The summed E-state index contributed by atoms with van der Waals surface area (Å²) < 4.78 is 5.70. The minimum absolute atomic E-state index is 0.0996. The van der Waals surface area contributed by atoms with E-state index in [0.717, 1.165) is 11.1 Å². The summed E-state index contributed by atoms with van der Waals surface area (Å²) in [7, 11) is 0. The average Bonchev–Trinajstić information content (AvgIpc) is 3.04. The van der Waals surface area contributed by atoms with Crippen LogP contribution in [-0.4, -0.2) is 21.0 Å². The molecule has 0 bridgehead atoms. The molecule has 2 aromatic heterocycles. The minimum atomic E-state index is -0.107. The molecule has 6 nitrogen and oxygen atoms in total. The number of amides is 1. The number of hydrogen-bond donors (Lipinski definition) is 2. The molecular formula is C18H18N4O2S. The zero-order valence-electron chi connectivity index (χ0n) is 13.9. The predicted octanol–water partition coefficient (Wildman–Crippen LogP) is 3.04. The third kappa shape index (κ3) is 4.19. The maximum absolute atomic E-state index is 11.6. The first-order chi connectivity index (χ1) is 12.0. The zero-order valence-corrected chi connectivity index (χ0v) is 14.8. The molecular weight excluding hydrogens is 336 g/mol. The molecule has 0 saturated carbocycles. The molecule has 3 aromatic rings. The summed E-state index contributed by atoms with van der Waals surface area (Å²) in [5.41, 5.74) is 3.15. The number of nitrogens with one attached hydrogen (secondary N) is 2. The molecule has 1 amide bonds. The number of nitrogens with zero attached hydrogens (tertiary/aromatic N) is 2.